The van der Waals surface area contributed by atoms with Gasteiger partial charge in [-0.05, 0) is 28.9 Å². The van der Waals surface area contributed by atoms with Gasteiger partial charge >= 0.3 is 5.97 Å². The Balaban J connectivity index is 2.69. The minimum absolute atomic E-state index is 0.276. The summed E-state index contributed by atoms with van der Waals surface area (Å²) in [5.74, 6) is -1.57. The van der Waals surface area contributed by atoms with Crippen LogP contribution in [0.1, 0.15) is 17.3 Å². The number of aliphatic carboxylic acids is 1. The average molecular weight is 262 g/mol. The Morgan fingerprint density at radius 2 is 2.29 bits per heavy atom. The first kappa shape index (κ1) is 10.8. The molecular formula is C8H8BrNO4. The first-order valence-corrected chi connectivity index (χ1v) is 4.58. The van der Waals surface area contributed by atoms with E-state index in [1.54, 1.807) is 0 Å². The summed E-state index contributed by atoms with van der Waals surface area (Å²) in [6, 6.07) is 0.526. The summed E-state index contributed by atoms with van der Waals surface area (Å²) in [6.45, 7) is 1.38. The monoisotopic (exact) mass is 261 g/mol. The molecule has 0 unspecified atom stereocenters. The van der Waals surface area contributed by atoms with E-state index in [0.717, 1.165) is 0 Å². The van der Waals surface area contributed by atoms with Gasteiger partial charge in [0.1, 0.15) is 6.04 Å². The van der Waals surface area contributed by atoms with Gasteiger partial charge in [-0.15, -0.1) is 0 Å². The van der Waals surface area contributed by atoms with Crippen LogP contribution in [0.2, 0.25) is 0 Å². The van der Waals surface area contributed by atoms with E-state index in [9.17, 15) is 9.59 Å². The molecule has 76 valence electrons. The summed E-state index contributed by atoms with van der Waals surface area (Å²) in [6.07, 6.45) is 1.34. The minimum Gasteiger partial charge on any atom is -0.480 e. The van der Waals surface area contributed by atoms with Crippen LogP contribution in [-0.2, 0) is 4.79 Å². The first-order chi connectivity index (χ1) is 6.52. The van der Waals surface area contributed by atoms with Gasteiger partial charge < -0.3 is 14.8 Å². The van der Waals surface area contributed by atoms with Gasteiger partial charge in [0.05, 0.1) is 11.8 Å². The van der Waals surface area contributed by atoms with E-state index in [1.807, 2.05) is 0 Å². The lowest BCUT2D eigenvalue weighted by Crippen LogP contribution is -2.38. The number of furan rings is 1. The van der Waals surface area contributed by atoms with Crippen LogP contribution >= 0.6 is 15.9 Å². The van der Waals surface area contributed by atoms with Crippen molar-refractivity contribution < 1.29 is 19.1 Å². The predicted octanol–water partition coefficient (Wildman–Crippen LogP) is 1.25. The molecule has 1 amide bonds. The smallest absolute Gasteiger partial charge is 0.325 e. The SMILES string of the molecule is C[C@@H](NC(=O)c1ccoc1Br)C(=O)O. The van der Waals surface area contributed by atoms with E-state index < -0.39 is 17.9 Å². The van der Waals surface area contributed by atoms with Crippen molar-refractivity contribution in [1.29, 1.82) is 0 Å². The number of carboxylic acids is 1. The molecule has 2 N–H and O–H groups in total. The normalized spacial score (nSPS) is 12.1. The number of carbonyl (C=O) groups is 2. The molecule has 0 spiro atoms. The molecule has 1 aromatic rings. The summed E-state index contributed by atoms with van der Waals surface area (Å²) in [7, 11) is 0. The second kappa shape index (κ2) is 4.28. The fourth-order valence-electron chi connectivity index (χ4n) is 0.792. The van der Waals surface area contributed by atoms with Crippen LogP contribution in [-0.4, -0.2) is 23.0 Å². The van der Waals surface area contributed by atoms with E-state index in [1.165, 1.54) is 19.3 Å². The Kier molecular flexibility index (Phi) is 3.29. The average Bonchev–Trinajstić information content (AvgIpc) is 2.51. The maximum absolute atomic E-state index is 11.4. The van der Waals surface area contributed by atoms with Gasteiger partial charge in [0.15, 0.2) is 4.67 Å². The highest BCUT2D eigenvalue weighted by Crippen LogP contribution is 2.17. The molecule has 0 fully saturated rings. The molecular weight excluding hydrogens is 254 g/mol. The topological polar surface area (TPSA) is 79.5 Å². The van der Waals surface area contributed by atoms with Crippen LogP contribution in [0.5, 0.6) is 0 Å². The molecule has 14 heavy (non-hydrogen) atoms. The maximum atomic E-state index is 11.4. The van der Waals surface area contributed by atoms with Gasteiger partial charge in [0.25, 0.3) is 5.91 Å². The highest BCUT2D eigenvalue weighted by molar-refractivity contribution is 9.10. The Hall–Kier alpha value is -1.30. The molecule has 1 aromatic heterocycles. The van der Waals surface area contributed by atoms with Crippen LogP contribution in [0.25, 0.3) is 0 Å². The Bertz CT molecular complexity index is 360. The number of carboxylic acid groups (broad SMARTS) is 1. The van der Waals surface area contributed by atoms with E-state index in [2.05, 4.69) is 21.2 Å². The zero-order valence-corrected chi connectivity index (χ0v) is 8.87. The van der Waals surface area contributed by atoms with Crippen molar-refractivity contribution in [2.75, 3.05) is 0 Å². The van der Waals surface area contributed by atoms with Gasteiger partial charge in [-0.2, -0.15) is 0 Å². The maximum Gasteiger partial charge on any atom is 0.325 e. The molecule has 1 rings (SSSR count). The molecule has 5 nitrogen and oxygen atoms in total. The third-order valence-corrected chi connectivity index (χ3v) is 2.19. The molecule has 0 saturated carbocycles. The van der Waals surface area contributed by atoms with Gasteiger partial charge in [0.2, 0.25) is 0 Å². The van der Waals surface area contributed by atoms with Crippen molar-refractivity contribution in [3.05, 3.63) is 22.6 Å². The van der Waals surface area contributed by atoms with Crippen molar-refractivity contribution in [3.63, 3.8) is 0 Å². The number of hydrogen-bond donors (Lipinski definition) is 2. The molecule has 0 bridgehead atoms. The van der Waals surface area contributed by atoms with Gasteiger partial charge in [-0.1, -0.05) is 0 Å². The molecule has 0 aliphatic rings. The lowest BCUT2D eigenvalue weighted by Gasteiger charge is -2.07. The molecule has 1 atom stereocenters. The highest BCUT2D eigenvalue weighted by atomic mass is 79.9. The second-order valence-corrected chi connectivity index (χ2v) is 3.36. The summed E-state index contributed by atoms with van der Waals surface area (Å²) in [5, 5.41) is 10.8. The van der Waals surface area contributed by atoms with Crippen LogP contribution < -0.4 is 5.32 Å². The zero-order valence-electron chi connectivity index (χ0n) is 7.28. The fourth-order valence-corrected chi connectivity index (χ4v) is 1.21. The lowest BCUT2D eigenvalue weighted by molar-refractivity contribution is -0.138. The number of halogens is 1. The molecule has 0 aliphatic carbocycles. The first-order valence-electron chi connectivity index (χ1n) is 3.79. The van der Waals surface area contributed by atoms with Crippen LogP contribution in [0.4, 0.5) is 0 Å². The van der Waals surface area contributed by atoms with Crippen molar-refractivity contribution in [3.8, 4) is 0 Å². The van der Waals surface area contributed by atoms with Crippen LogP contribution in [0.15, 0.2) is 21.4 Å². The Morgan fingerprint density at radius 3 is 2.71 bits per heavy atom. The van der Waals surface area contributed by atoms with E-state index >= 15 is 0 Å². The fraction of sp³-hybridized carbons (Fsp3) is 0.250. The number of rotatable bonds is 3. The third-order valence-electron chi connectivity index (χ3n) is 1.58. The molecule has 0 radical (unpaired) electrons. The summed E-state index contributed by atoms with van der Waals surface area (Å²) < 4.78 is 5.12. The van der Waals surface area contributed by atoms with E-state index in [4.69, 9.17) is 9.52 Å². The lowest BCUT2D eigenvalue weighted by atomic mass is 10.3. The number of nitrogens with one attached hydrogen (secondary N) is 1. The molecule has 0 aliphatic heterocycles. The molecule has 1 heterocycles. The predicted molar refractivity (Wildman–Crippen MR) is 51.0 cm³/mol. The van der Waals surface area contributed by atoms with Gasteiger partial charge in [-0.3, -0.25) is 9.59 Å². The Labute approximate surface area is 88.2 Å². The number of amides is 1. The van der Waals surface area contributed by atoms with E-state index in [-0.39, 0.29) is 10.2 Å². The zero-order chi connectivity index (χ0) is 10.7. The highest BCUT2D eigenvalue weighted by Gasteiger charge is 2.18. The van der Waals surface area contributed by atoms with Gasteiger partial charge in [0, 0.05) is 0 Å². The summed E-state index contributed by atoms with van der Waals surface area (Å²) in [4.78, 5) is 21.8. The van der Waals surface area contributed by atoms with Gasteiger partial charge in [-0.25, -0.2) is 0 Å². The largest absolute Gasteiger partial charge is 0.480 e. The summed E-state index contributed by atoms with van der Waals surface area (Å²) >= 11 is 3.02. The third kappa shape index (κ3) is 2.35. The van der Waals surface area contributed by atoms with Crippen LogP contribution in [0, 0.1) is 0 Å². The summed E-state index contributed by atoms with van der Waals surface area (Å²) in [5.41, 5.74) is 0.276. The van der Waals surface area contributed by atoms with Crippen molar-refractivity contribution in [1.82, 2.24) is 5.32 Å². The van der Waals surface area contributed by atoms with Crippen LogP contribution in [0.3, 0.4) is 0 Å². The van der Waals surface area contributed by atoms with E-state index in [0.29, 0.717) is 0 Å². The molecule has 6 heteroatoms. The van der Waals surface area contributed by atoms with Crippen molar-refractivity contribution in [2.45, 2.75) is 13.0 Å². The second-order valence-electron chi connectivity index (χ2n) is 2.64. The van der Waals surface area contributed by atoms with Crippen molar-refractivity contribution in [2.24, 2.45) is 0 Å². The molecule has 0 aromatic carbocycles. The van der Waals surface area contributed by atoms with Crippen molar-refractivity contribution >= 4 is 27.8 Å². The molecule has 0 saturated heterocycles. The minimum atomic E-state index is -1.09. The standard InChI is InChI=1S/C8H8BrNO4/c1-4(8(12)13)10-7(11)5-2-3-14-6(5)9/h2-4H,1H3,(H,10,11)(H,12,13)/t4-/m1/s1. The number of carbonyl (C=O) groups excluding carboxylic acids is 1. The Morgan fingerprint density at radius 1 is 1.64 bits per heavy atom. The number of hydrogen-bond acceptors (Lipinski definition) is 3. The quantitative estimate of drug-likeness (QED) is 0.858.